The van der Waals surface area contributed by atoms with Crippen LogP contribution in [-0.2, 0) is 11.4 Å². The fraction of sp³-hybridized carbons (Fsp3) is 0.235. The lowest BCUT2D eigenvalue weighted by atomic mass is 9.79. The Bertz CT molecular complexity index is 594. The number of rotatable bonds is 4. The molecule has 0 radical (unpaired) electrons. The molecule has 3 rings (SSSR count). The molecule has 0 unspecified atom stereocenters. The van der Waals surface area contributed by atoms with Crippen molar-refractivity contribution < 1.29 is 13.9 Å². The maximum atomic E-state index is 12.8. The summed E-state index contributed by atoms with van der Waals surface area (Å²) < 4.78 is 18.4. The summed E-state index contributed by atoms with van der Waals surface area (Å²) in [5, 5.41) is 0. The van der Waals surface area contributed by atoms with Crippen molar-refractivity contribution in [3.05, 3.63) is 65.5 Å². The summed E-state index contributed by atoms with van der Waals surface area (Å²) in [6.45, 7) is 0.418. The van der Waals surface area contributed by atoms with Gasteiger partial charge in [0.2, 0.25) is 0 Å². The van der Waals surface area contributed by atoms with E-state index in [1.54, 1.807) is 12.1 Å². The van der Waals surface area contributed by atoms with Crippen molar-refractivity contribution in [1.29, 1.82) is 0 Å². The largest absolute Gasteiger partial charge is 0.489 e. The van der Waals surface area contributed by atoms with Gasteiger partial charge < -0.3 is 4.74 Å². The van der Waals surface area contributed by atoms with Crippen LogP contribution < -0.4 is 4.74 Å². The lowest BCUT2D eigenvalue weighted by Gasteiger charge is -2.24. The van der Waals surface area contributed by atoms with Crippen LogP contribution in [0.15, 0.2) is 48.5 Å². The van der Waals surface area contributed by atoms with Gasteiger partial charge in [-0.3, -0.25) is 4.79 Å². The molecule has 0 spiro atoms. The predicted octanol–water partition coefficient (Wildman–Crippen LogP) is 3.85. The molecular formula is C17H15FO2. The molecule has 0 heterocycles. The Morgan fingerprint density at radius 3 is 2.25 bits per heavy atom. The Labute approximate surface area is 117 Å². The van der Waals surface area contributed by atoms with E-state index in [0.717, 1.165) is 11.3 Å². The van der Waals surface area contributed by atoms with E-state index in [0.29, 0.717) is 31.1 Å². The Morgan fingerprint density at radius 2 is 1.65 bits per heavy atom. The van der Waals surface area contributed by atoms with E-state index < -0.39 is 0 Å². The molecule has 0 bridgehead atoms. The molecule has 1 fully saturated rings. The van der Waals surface area contributed by atoms with Crippen LogP contribution in [0, 0.1) is 5.82 Å². The van der Waals surface area contributed by atoms with Crippen LogP contribution in [-0.4, -0.2) is 5.78 Å². The van der Waals surface area contributed by atoms with E-state index >= 15 is 0 Å². The average molecular weight is 270 g/mol. The molecule has 0 amide bonds. The second-order valence-corrected chi connectivity index (χ2v) is 5.13. The SMILES string of the molecule is O=C1CC(c2ccc(OCc3ccc(F)cc3)cc2)C1. The van der Waals surface area contributed by atoms with Gasteiger partial charge in [0, 0.05) is 12.8 Å². The zero-order valence-corrected chi connectivity index (χ0v) is 11.0. The number of halogens is 1. The number of hydrogen-bond acceptors (Lipinski definition) is 2. The number of Topliss-reactive ketones (excluding diaryl/α,β-unsaturated/α-hetero) is 1. The van der Waals surface area contributed by atoms with Crippen LogP contribution in [0.1, 0.15) is 29.9 Å². The molecular weight excluding hydrogens is 255 g/mol. The highest BCUT2D eigenvalue weighted by atomic mass is 19.1. The van der Waals surface area contributed by atoms with Crippen LogP contribution in [0.2, 0.25) is 0 Å². The zero-order valence-electron chi connectivity index (χ0n) is 11.0. The van der Waals surface area contributed by atoms with E-state index in [9.17, 15) is 9.18 Å². The maximum Gasteiger partial charge on any atom is 0.134 e. The van der Waals surface area contributed by atoms with Crippen molar-refractivity contribution in [2.75, 3.05) is 0 Å². The monoisotopic (exact) mass is 270 g/mol. The van der Waals surface area contributed by atoms with E-state index in [1.807, 2.05) is 24.3 Å². The molecule has 20 heavy (non-hydrogen) atoms. The number of hydrogen-bond donors (Lipinski definition) is 0. The summed E-state index contributed by atoms with van der Waals surface area (Å²) >= 11 is 0. The van der Waals surface area contributed by atoms with Crippen molar-refractivity contribution in [2.24, 2.45) is 0 Å². The fourth-order valence-electron chi connectivity index (χ4n) is 2.31. The molecule has 102 valence electrons. The number of carbonyl (C=O) groups is 1. The molecule has 0 aromatic heterocycles. The summed E-state index contributed by atoms with van der Waals surface area (Å²) in [5.74, 6) is 1.26. The van der Waals surface area contributed by atoms with Gasteiger partial charge in [0.25, 0.3) is 0 Å². The molecule has 0 aliphatic heterocycles. The van der Waals surface area contributed by atoms with E-state index in [1.165, 1.54) is 17.7 Å². The van der Waals surface area contributed by atoms with Gasteiger partial charge in [0.05, 0.1) is 0 Å². The first-order chi connectivity index (χ1) is 9.70. The third-order valence-corrected chi connectivity index (χ3v) is 3.62. The first-order valence-corrected chi connectivity index (χ1v) is 6.69. The van der Waals surface area contributed by atoms with E-state index in [-0.39, 0.29) is 5.82 Å². The molecule has 2 aromatic carbocycles. The Morgan fingerprint density at radius 1 is 1.00 bits per heavy atom. The number of benzene rings is 2. The second kappa shape index (κ2) is 5.45. The molecule has 1 aliphatic carbocycles. The van der Waals surface area contributed by atoms with Gasteiger partial charge in [-0.25, -0.2) is 4.39 Å². The van der Waals surface area contributed by atoms with Gasteiger partial charge in [0.15, 0.2) is 0 Å². The lowest BCUT2D eigenvalue weighted by molar-refractivity contribution is -0.124. The predicted molar refractivity (Wildman–Crippen MR) is 74.2 cm³/mol. The van der Waals surface area contributed by atoms with Crippen molar-refractivity contribution in [2.45, 2.75) is 25.4 Å². The molecule has 1 saturated carbocycles. The van der Waals surface area contributed by atoms with Gasteiger partial charge in [-0.2, -0.15) is 0 Å². The highest BCUT2D eigenvalue weighted by Crippen LogP contribution is 2.34. The summed E-state index contributed by atoms with van der Waals surface area (Å²) in [6.07, 6.45) is 1.32. The lowest BCUT2D eigenvalue weighted by Crippen LogP contribution is -2.20. The molecule has 2 aromatic rings. The minimum absolute atomic E-state index is 0.242. The number of ketones is 1. The first-order valence-electron chi connectivity index (χ1n) is 6.69. The highest BCUT2D eigenvalue weighted by molar-refractivity contribution is 5.86. The summed E-state index contributed by atoms with van der Waals surface area (Å²) in [7, 11) is 0. The minimum atomic E-state index is -0.242. The third-order valence-electron chi connectivity index (χ3n) is 3.62. The standard InChI is InChI=1S/C17H15FO2/c18-15-5-1-12(2-6-15)11-20-17-7-3-13(4-8-17)14-9-16(19)10-14/h1-8,14H,9-11H2. The number of ether oxygens (including phenoxy) is 1. The fourth-order valence-corrected chi connectivity index (χ4v) is 2.31. The smallest absolute Gasteiger partial charge is 0.134 e. The van der Waals surface area contributed by atoms with Crippen LogP contribution in [0.4, 0.5) is 4.39 Å². The first kappa shape index (κ1) is 12.9. The molecule has 0 saturated heterocycles. The summed E-state index contributed by atoms with van der Waals surface area (Å²) in [6, 6.07) is 14.1. The topological polar surface area (TPSA) is 26.3 Å². The normalized spacial score (nSPS) is 14.9. The van der Waals surface area contributed by atoms with Gasteiger partial charge >= 0.3 is 0 Å². The Balaban J connectivity index is 1.58. The van der Waals surface area contributed by atoms with Crippen LogP contribution in [0.3, 0.4) is 0 Å². The molecule has 2 nitrogen and oxygen atoms in total. The van der Waals surface area contributed by atoms with Crippen LogP contribution in [0.5, 0.6) is 5.75 Å². The Kier molecular flexibility index (Phi) is 3.50. The van der Waals surface area contributed by atoms with Crippen molar-refractivity contribution in [3.63, 3.8) is 0 Å². The Hall–Kier alpha value is -2.16. The van der Waals surface area contributed by atoms with Crippen LogP contribution >= 0.6 is 0 Å². The van der Waals surface area contributed by atoms with Gasteiger partial charge in [-0.15, -0.1) is 0 Å². The summed E-state index contributed by atoms with van der Waals surface area (Å²) in [5.41, 5.74) is 2.12. The van der Waals surface area contributed by atoms with Gasteiger partial charge in [-0.1, -0.05) is 24.3 Å². The molecule has 1 aliphatic rings. The quantitative estimate of drug-likeness (QED) is 0.843. The number of carbonyl (C=O) groups excluding carboxylic acids is 1. The molecule has 3 heteroatoms. The van der Waals surface area contributed by atoms with E-state index in [2.05, 4.69) is 0 Å². The highest BCUT2D eigenvalue weighted by Gasteiger charge is 2.27. The van der Waals surface area contributed by atoms with Gasteiger partial charge in [-0.05, 0) is 41.3 Å². The third kappa shape index (κ3) is 2.87. The van der Waals surface area contributed by atoms with Crippen molar-refractivity contribution >= 4 is 5.78 Å². The molecule has 0 atom stereocenters. The second-order valence-electron chi connectivity index (χ2n) is 5.13. The average Bonchev–Trinajstić information content (AvgIpc) is 2.44. The maximum absolute atomic E-state index is 12.8. The van der Waals surface area contributed by atoms with Crippen LogP contribution in [0.25, 0.3) is 0 Å². The zero-order chi connectivity index (χ0) is 13.9. The van der Waals surface area contributed by atoms with E-state index in [4.69, 9.17) is 4.74 Å². The van der Waals surface area contributed by atoms with Gasteiger partial charge in [0.1, 0.15) is 24.0 Å². The molecule has 0 N–H and O–H groups in total. The van der Waals surface area contributed by atoms with Crippen molar-refractivity contribution in [3.8, 4) is 5.75 Å². The van der Waals surface area contributed by atoms with Crippen molar-refractivity contribution in [1.82, 2.24) is 0 Å². The summed E-state index contributed by atoms with van der Waals surface area (Å²) in [4.78, 5) is 11.0. The minimum Gasteiger partial charge on any atom is -0.489 e.